The van der Waals surface area contributed by atoms with Gasteiger partial charge >= 0.3 is 0 Å². The van der Waals surface area contributed by atoms with E-state index in [9.17, 15) is 0 Å². The minimum absolute atomic E-state index is 0. The van der Waals surface area contributed by atoms with E-state index < -0.39 is 0 Å². The Morgan fingerprint density at radius 1 is 1.17 bits per heavy atom. The second-order valence-corrected chi connectivity index (χ2v) is 8.16. The van der Waals surface area contributed by atoms with Gasteiger partial charge in [-0.25, -0.2) is 0 Å². The lowest BCUT2D eigenvalue weighted by Crippen LogP contribution is -2.42. The fourth-order valence-corrected chi connectivity index (χ4v) is 4.42. The first-order chi connectivity index (χ1) is 14.3. The van der Waals surface area contributed by atoms with Gasteiger partial charge in [-0.3, -0.25) is 9.89 Å². The lowest BCUT2D eigenvalue weighted by Gasteiger charge is -2.25. The Labute approximate surface area is 197 Å². The zero-order valence-corrected chi connectivity index (χ0v) is 20.3. The minimum Gasteiger partial charge on any atom is -0.381 e. The highest BCUT2D eigenvalue weighted by Gasteiger charge is 2.29. The molecule has 3 heterocycles. The van der Waals surface area contributed by atoms with Crippen molar-refractivity contribution in [2.75, 3.05) is 46.4 Å². The first kappa shape index (κ1) is 23.5. The Hall–Kier alpha value is -1.16. The van der Waals surface area contributed by atoms with Crippen LogP contribution >= 0.6 is 24.0 Å². The maximum atomic E-state index is 6.07. The SMILES string of the molecule is CN=C(NCc1cccc(COC2CCOCC2)c1)N1CCC(N2CC=CC2)C1.I. The van der Waals surface area contributed by atoms with E-state index in [1.165, 1.54) is 17.5 Å². The summed E-state index contributed by atoms with van der Waals surface area (Å²) in [6.07, 6.45) is 8.09. The predicted octanol–water partition coefficient (Wildman–Crippen LogP) is 3.02. The van der Waals surface area contributed by atoms with E-state index in [1.807, 2.05) is 7.05 Å². The Balaban J connectivity index is 0.00000256. The predicted molar refractivity (Wildman–Crippen MR) is 131 cm³/mol. The Morgan fingerprint density at radius 2 is 1.93 bits per heavy atom. The topological polar surface area (TPSA) is 49.3 Å². The average Bonchev–Trinajstić information content (AvgIpc) is 3.46. The van der Waals surface area contributed by atoms with Crippen LogP contribution in [0.1, 0.15) is 30.4 Å². The molecule has 1 atom stereocenters. The maximum Gasteiger partial charge on any atom is 0.193 e. The molecule has 6 nitrogen and oxygen atoms in total. The van der Waals surface area contributed by atoms with Crippen molar-refractivity contribution in [1.29, 1.82) is 0 Å². The van der Waals surface area contributed by atoms with Crippen LogP contribution in [0.2, 0.25) is 0 Å². The summed E-state index contributed by atoms with van der Waals surface area (Å²) in [4.78, 5) is 9.47. The van der Waals surface area contributed by atoms with Crippen LogP contribution < -0.4 is 5.32 Å². The second-order valence-electron chi connectivity index (χ2n) is 8.16. The monoisotopic (exact) mass is 526 g/mol. The van der Waals surface area contributed by atoms with Crippen LogP contribution in [-0.4, -0.2) is 74.3 Å². The summed E-state index contributed by atoms with van der Waals surface area (Å²) >= 11 is 0. The van der Waals surface area contributed by atoms with Gasteiger partial charge in [0.05, 0.1) is 12.7 Å². The number of hydrogen-bond acceptors (Lipinski definition) is 4. The van der Waals surface area contributed by atoms with E-state index in [1.54, 1.807) is 0 Å². The number of aliphatic imine (C=N–C) groups is 1. The number of benzene rings is 1. The van der Waals surface area contributed by atoms with Gasteiger partial charge in [-0.15, -0.1) is 24.0 Å². The van der Waals surface area contributed by atoms with E-state index in [0.29, 0.717) is 18.8 Å². The molecule has 2 fully saturated rings. The lowest BCUT2D eigenvalue weighted by atomic mass is 10.1. The molecular weight excluding hydrogens is 491 g/mol. The average molecular weight is 526 g/mol. The van der Waals surface area contributed by atoms with Crippen molar-refractivity contribution in [2.24, 2.45) is 4.99 Å². The van der Waals surface area contributed by atoms with Crippen LogP contribution in [0.15, 0.2) is 41.4 Å². The van der Waals surface area contributed by atoms with Crippen molar-refractivity contribution in [3.05, 3.63) is 47.5 Å². The molecule has 0 spiro atoms. The fraction of sp³-hybridized carbons (Fsp3) is 0.609. The summed E-state index contributed by atoms with van der Waals surface area (Å²) in [6.45, 7) is 7.40. The number of nitrogens with zero attached hydrogens (tertiary/aromatic N) is 3. The summed E-state index contributed by atoms with van der Waals surface area (Å²) in [7, 11) is 1.88. The zero-order valence-electron chi connectivity index (χ0n) is 18.0. The number of rotatable bonds is 6. The van der Waals surface area contributed by atoms with Gasteiger partial charge in [-0.05, 0) is 30.4 Å². The van der Waals surface area contributed by atoms with Crippen molar-refractivity contribution in [1.82, 2.24) is 15.1 Å². The molecule has 1 aromatic rings. The van der Waals surface area contributed by atoms with Crippen molar-refractivity contribution in [3.8, 4) is 0 Å². The maximum absolute atomic E-state index is 6.07. The van der Waals surface area contributed by atoms with Crippen molar-refractivity contribution in [3.63, 3.8) is 0 Å². The largest absolute Gasteiger partial charge is 0.381 e. The number of nitrogens with one attached hydrogen (secondary N) is 1. The van der Waals surface area contributed by atoms with Gasteiger partial charge in [0.15, 0.2) is 5.96 Å². The molecule has 0 aromatic heterocycles. The molecule has 0 amide bonds. The second kappa shape index (κ2) is 12.0. The number of guanidine groups is 1. The number of halogens is 1. The standard InChI is InChI=1S/C23H34N4O2.HI/c1-24-23(27-12-7-21(17-27)26-10-2-3-11-26)25-16-19-5-4-6-20(15-19)18-29-22-8-13-28-14-9-22;/h2-6,15,21-22H,7-14,16-18H2,1H3,(H,24,25);1H. The molecule has 0 radical (unpaired) electrons. The van der Waals surface area contributed by atoms with Gasteiger partial charge in [-0.1, -0.05) is 36.4 Å². The van der Waals surface area contributed by atoms with E-state index in [2.05, 4.69) is 56.5 Å². The quantitative estimate of drug-likeness (QED) is 0.268. The van der Waals surface area contributed by atoms with Gasteiger partial charge in [0.1, 0.15) is 0 Å². The third-order valence-electron chi connectivity index (χ3n) is 6.13. The Kier molecular flexibility index (Phi) is 9.42. The molecule has 0 saturated carbocycles. The molecule has 1 aromatic carbocycles. The van der Waals surface area contributed by atoms with Crippen molar-refractivity contribution < 1.29 is 9.47 Å². The van der Waals surface area contributed by atoms with Crippen LogP contribution in [0.4, 0.5) is 0 Å². The van der Waals surface area contributed by atoms with Crippen LogP contribution in [0.25, 0.3) is 0 Å². The molecule has 3 aliphatic rings. The normalized spacial score (nSPS) is 23.0. The third kappa shape index (κ3) is 6.42. The summed E-state index contributed by atoms with van der Waals surface area (Å²) < 4.78 is 11.5. The highest BCUT2D eigenvalue weighted by molar-refractivity contribution is 14.0. The molecule has 2 saturated heterocycles. The van der Waals surface area contributed by atoms with E-state index >= 15 is 0 Å². The number of ether oxygens (including phenoxy) is 2. The molecule has 166 valence electrons. The van der Waals surface area contributed by atoms with Crippen molar-refractivity contribution in [2.45, 2.75) is 44.6 Å². The van der Waals surface area contributed by atoms with Crippen LogP contribution in [-0.2, 0) is 22.6 Å². The summed E-state index contributed by atoms with van der Waals surface area (Å²) in [5, 5.41) is 3.56. The van der Waals surface area contributed by atoms with Crippen LogP contribution in [0.5, 0.6) is 0 Å². The molecule has 3 aliphatic heterocycles. The number of likely N-dealkylation sites (tertiary alicyclic amines) is 1. The molecular formula is C23H35IN4O2. The lowest BCUT2D eigenvalue weighted by molar-refractivity contribution is -0.0390. The van der Waals surface area contributed by atoms with Crippen LogP contribution in [0.3, 0.4) is 0 Å². The third-order valence-corrected chi connectivity index (χ3v) is 6.13. The van der Waals surface area contributed by atoms with Crippen molar-refractivity contribution >= 4 is 29.9 Å². The Morgan fingerprint density at radius 3 is 2.70 bits per heavy atom. The van der Waals surface area contributed by atoms with Gasteiger partial charge in [-0.2, -0.15) is 0 Å². The van der Waals surface area contributed by atoms with Gasteiger partial charge < -0.3 is 19.7 Å². The highest BCUT2D eigenvalue weighted by Crippen LogP contribution is 2.18. The molecule has 30 heavy (non-hydrogen) atoms. The highest BCUT2D eigenvalue weighted by atomic mass is 127. The van der Waals surface area contributed by atoms with E-state index in [0.717, 1.165) is 64.7 Å². The Bertz CT molecular complexity index is 713. The summed E-state index contributed by atoms with van der Waals surface area (Å²) in [6, 6.07) is 9.30. The molecule has 1 N–H and O–H groups in total. The first-order valence-electron chi connectivity index (χ1n) is 10.9. The molecule has 0 bridgehead atoms. The first-order valence-corrected chi connectivity index (χ1v) is 10.9. The van der Waals surface area contributed by atoms with E-state index in [-0.39, 0.29) is 24.0 Å². The fourth-order valence-electron chi connectivity index (χ4n) is 4.42. The minimum atomic E-state index is 0. The molecule has 7 heteroatoms. The summed E-state index contributed by atoms with van der Waals surface area (Å²) in [5.74, 6) is 1.00. The smallest absolute Gasteiger partial charge is 0.193 e. The van der Waals surface area contributed by atoms with E-state index in [4.69, 9.17) is 9.47 Å². The van der Waals surface area contributed by atoms with Gasteiger partial charge in [0, 0.05) is 59.0 Å². The number of hydrogen-bond donors (Lipinski definition) is 1. The molecule has 1 unspecified atom stereocenters. The molecule has 4 rings (SSSR count). The molecule has 0 aliphatic carbocycles. The zero-order chi connectivity index (χ0) is 19.9. The van der Waals surface area contributed by atoms with Gasteiger partial charge in [0.2, 0.25) is 0 Å². The van der Waals surface area contributed by atoms with Crippen LogP contribution in [0, 0.1) is 0 Å². The summed E-state index contributed by atoms with van der Waals surface area (Å²) in [5.41, 5.74) is 2.49. The van der Waals surface area contributed by atoms with Gasteiger partial charge in [0.25, 0.3) is 0 Å².